The predicted molar refractivity (Wildman–Crippen MR) is 509 cm³/mol. The van der Waals surface area contributed by atoms with Gasteiger partial charge in [-0.05, 0) is 74.9 Å². The minimum atomic E-state index is -5.48. The van der Waals surface area contributed by atoms with Gasteiger partial charge in [-0.15, -0.1) is 12.9 Å². The van der Waals surface area contributed by atoms with E-state index in [0.29, 0.717) is 38.5 Å². The number of amides is 3. The average Bonchev–Trinajstić information content (AvgIpc) is 0.739. The zero-order chi connectivity index (χ0) is 91.4. The third kappa shape index (κ3) is 44.6. The van der Waals surface area contributed by atoms with Gasteiger partial charge in [0.15, 0.2) is 34.5 Å². The van der Waals surface area contributed by atoms with Crippen molar-refractivity contribution in [3.05, 3.63) is 54.6 Å². The van der Waals surface area contributed by atoms with Crippen molar-refractivity contribution in [1.29, 1.82) is 0 Å². The van der Waals surface area contributed by atoms with Crippen LogP contribution in [-0.4, -0.2) is 119 Å². The van der Waals surface area contributed by atoms with E-state index in [4.69, 9.17) is 42.6 Å². The number of carbonyl (C=O) groups excluding carboxylic acids is 3. The smallest absolute Gasteiger partial charge is 0.430 e. The molecule has 0 aliphatic rings. The van der Waals surface area contributed by atoms with Crippen LogP contribution >= 0.6 is 0 Å². The summed E-state index contributed by atoms with van der Waals surface area (Å²) >= 11 is 0. The van der Waals surface area contributed by atoms with Crippen LogP contribution in [0.3, 0.4) is 0 Å². The lowest BCUT2D eigenvalue weighted by molar-refractivity contribution is 0.182. The SMILES string of the molecule is CCCCCCCCCCCCOc1ccc(S(=O)(=O)N(C(=O)OC)c2nc(N(C(=O)OC)S(=O)(=O)c3ccc(OCCCCCCCCCCCC)c(OCCCCCCCCCCCC)c3)nc(N(C(=O)OC)S(=O)(=O)c3ccc(OCCCCCCCCCCCC)c(OCCCCCCCCCCCC)c3)n2)cc1OCCCCCCCCCCCC. The first kappa shape index (κ1) is 111. The van der Waals surface area contributed by atoms with Crippen molar-refractivity contribution in [2.75, 3.05) is 73.9 Å². The molecule has 0 aliphatic heterocycles. The number of rotatable bonds is 81. The molecule has 0 aliphatic carbocycles. The van der Waals surface area contributed by atoms with Crippen molar-refractivity contribution in [2.45, 2.75) is 441 Å². The molecule has 4 aromatic rings. The molecule has 1 heterocycles. The van der Waals surface area contributed by atoms with Gasteiger partial charge in [-0.25, -0.2) is 39.6 Å². The molecule has 0 N–H and O–H groups in total. The summed E-state index contributed by atoms with van der Waals surface area (Å²) in [6.45, 7) is 14.5. The highest BCUT2D eigenvalue weighted by Crippen LogP contribution is 2.39. The summed E-state index contributed by atoms with van der Waals surface area (Å²) in [6, 6.07) is 11.1. The largest absolute Gasteiger partial charge is 0.490 e. The van der Waals surface area contributed by atoms with Gasteiger partial charge < -0.3 is 42.6 Å². The minimum absolute atomic E-state index is 0.0102. The highest BCUT2D eigenvalue weighted by Gasteiger charge is 2.44. The Balaban J connectivity index is 1.98. The van der Waals surface area contributed by atoms with Gasteiger partial charge >= 0.3 is 18.3 Å². The summed E-state index contributed by atoms with van der Waals surface area (Å²) in [5, 5.41) is 0. The Labute approximate surface area is 763 Å². The first-order chi connectivity index (χ1) is 61.4. The fraction of sp³-hybridized carbons (Fsp3) is 0.758. The summed E-state index contributed by atoms with van der Waals surface area (Å²) < 4.78 is 149. The normalized spacial score (nSPS) is 11.7. The van der Waals surface area contributed by atoms with Crippen LogP contribution in [0.1, 0.15) is 427 Å². The molecule has 3 amide bonds. The number of hydrogen-bond acceptors (Lipinski definition) is 21. The molecule has 0 fully saturated rings. The van der Waals surface area contributed by atoms with Crippen molar-refractivity contribution in [3.63, 3.8) is 0 Å². The molecule has 720 valence electrons. The zero-order valence-corrected chi connectivity index (χ0v) is 82.1. The zero-order valence-electron chi connectivity index (χ0n) is 79.6. The Bertz CT molecular complexity index is 3470. The number of unbranched alkanes of at least 4 members (excludes halogenated alkanes) is 54. The van der Waals surface area contributed by atoms with Gasteiger partial charge in [0.25, 0.3) is 47.9 Å². The Morgan fingerprint density at radius 2 is 0.365 bits per heavy atom. The summed E-state index contributed by atoms with van der Waals surface area (Å²) in [5.74, 6) is -3.42. The van der Waals surface area contributed by atoms with Gasteiger partial charge in [-0.2, -0.15) is 15.0 Å². The van der Waals surface area contributed by atoms with Gasteiger partial charge in [-0.1, -0.05) is 388 Å². The molecule has 0 radical (unpaired) electrons. The van der Waals surface area contributed by atoms with Gasteiger partial charge in [0.1, 0.15) is 0 Å². The van der Waals surface area contributed by atoms with E-state index in [1.165, 1.54) is 211 Å². The van der Waals surface area contributed by atoms with Crippen LogP contribution in [0.25, 0.3) is 0 Å². The molecule has 0 atom stereocenters. The van der Waals surface area contributed by atoms with E-state index in [9.17, 15) is 14.4 Å². The number of nitrogens with zero attached hydrogens (tertiary/aromatic N) is 6. The number of carbonyl (C=O) groups is 3. The van der Waals surface area contributed by atoms with Crippen LogP contribution in [0.15, 0.2) is 69.3 Å². The topological polar surface area (TPSA) is 285 Å². The molecule has 1 aromatic heterocycles. The van der Waals surface area contributed by atoms with E-state index >= 15 is 25.3 Å². The maximum absolute atomic E-state index is 15.9. The van der Waals surface area contributed by atoms with Gasteiger partial charge in [0.05, 0.1) is 75.7 Å². The minimum Gasteiger partial charge on any atom is -0.490 e. The number of anilines is 3. The van der Waals surface area contributed by atoms with Crippen LogP contribution in [0.4, 0.5) is 32.2 Å². The molecule has 0 saturated carbocycles. The number of methoxy groups -OCH3 is 3. The highest BCUT2D eigenvalue weighted by molar-refractivity contribution is 7.94. The van der Waals surface area contributed by atoms with Crippen LogP contribution in [-0.2, 0) is 44.3 Å². The van der Waals surface area contributed by atoms with Crippen LogP contribution in [0, 0.1) is 0 Å². The molecule has 4 rings (SSSR count). The Hall–Kier alpha value is -6.87. The maximum atomic E-state index is 15.9. The van der Waals surface area contributed by atoms with E-state index in [-0.39, 0.29) is 87.1 Å². The van der Waals surface area contributed by atoms with E-state index in [1.807, 2.05) is 0 Å². The van der Waals surface area contributed by atoms with Gasteiger partial charge in [-0.3, -0.25) is 0 Å². The van der Waals surface area contributed by atoms with Gasteiger partial charge in [0.2, 0.25) is 0 Å². The van der Waals surface area contributed by atoms with Crippen molar-refractivity contribution >= 4 is 66.2 Å². The standard InChI is InChI=1S/C99H168N6O18S3/c1-10-16-22-28-34-40-46-52-58-64-76-118-88-73-70-85(82-91(88)121-79-67-61-55-49-43-37-31-25-19-13-4)124(109,110)103(97(106)115-7)94-100-95(104(98(107)116-8)125(111,112)86-71-74-89(119-77-65-59-53-47-41-35-29-23-17-11-2)92(83-86)122-80-68-62-56-50-44-38-32-26-20-14-5)102-96(101-94)105(99(108)117-9)126(113,114)87-72-75-90(120-78-66-60-54-48-42-36-30-24-18-12-3)93(84-87)123-81-69-63-57-51-45-39-33-27-21-15-6/h70-75,82-84H,10-69,76-81H2,1-9H3. The third-order valence-corrected chi connectivity index (χ3v) is 28.0. The number of benzene rings is 3. The van der Waals surface area contributed by atoms with Crippen molar-refractivity contribution in [1.82, 2.24) is 15.0 Å². The molecular weight excluding hydrogens is 1660 g/mol. The fourth-order valence-electron chi connectivity index (χ4n) is 15.3. The second-order valence-electron chi connectivity index (χ2n) is 34.0. The molecule has 24 nitrogen and oxygen atoms in total. The second-order valence-corrected chi connectivity index (χ2v) is 39.3. The van der Waals surface area contributed by atoms with Crippen LogP contribution in [0.5, 0.6) is 34.5 Å². The van der Waals surface area contributed by atoms with Crippen molar-refractivity contribution in [3.8, 4) is 34.5 Å². The van der Waals surface area contributed by atoms with E-state index in [0.717, 1.165) is 212 Å². The molecule has 0 unspecified atom stereocenters. The number of aromatic nitrogens is 3. The molecule has 27 heteroatoms. The second kappa shape index (κ2) is 70.0. The summed E-state index contributed by atoms with van der Waals surface area (Å²) in [7, 11) is -13.9. The number of ether oxygens (including phenoxy) is 9. The maximum Gasteiger partial charge on any atom is 0.430 e. The molecule has 0 spiro atoms. The number of sulfonamides is 3. The lowest BCUT2D eigenvalue weighted by atomic mass is 10.1. The van der Waals surface area contributed by atoms with Crippen LogP contribution in [0.2, 0.25) is 0 Å². The quantitative estimate of drug-likeness (QED) is 0.0293. The monoisotopic (exact) mass is 1830 g/mol. The molecule has 0 saturated heterocycles. The number of hydrogen-bond donors (Lipinski definition) is 0. The summed E-state index contributed by atoms with van der Waals surface area (Å²) in [4.78, 5) is 55.4. The predicted octanol–water partition coefficient (Wildman–Crippen LogP) is 28.6. The molecule has 0 bridgehead atoms. The summed E-state index contributed by atoms with van der Waals surface area (Å²) in [6.07, 6.45) is 59.4. The summed E-state index contributed by atoms with van der Waals surface area (Å²) in [5.41, 5.74) is 0. The van der Waals surface area contributed by atoms with E-state index in [2.05, 4.69) is 56.5 Å². The molecule has 126 heavy (non-hydrogen) atoms. The van der Waals surface area contributed by atoms with Gasteiger partial charge in [0, 0.05) is 18.2 Å². The lowest BCUT2D eigenvalue weighted by Gasteiger charge is -2.25. The van der Waals surface area contributed by atoms with Crippen molar-refractivity contribution in [2.24, 2.45) is 0 Å². The fourth-order valence-corrected chi connectivity index (χ4v) is 19.1. The van der Waals surface area contributed by atoms with E-state index in [1.54, 1.807) is 0 Å². The van der Waals surface area contributed by atoms with Crippen molar-refractivity contribution < 1.29 is 82.3 Å². The molecular formula is C99H168N6O18S3. The Morgan fingerprint density at radius 3 is 0.516 bits per heavy atom. The average molecular weight is 1830 g/mol. The highest BCUT2D eigenvalue weighted by atomic mass is 32.2. The first-order valence-electron chi connectivity index (χ1n) is 49.7. The lowest BCUT2D eigenvalue weighted by Crippen LogP contribution is -2.43. The Kier molecular flexibility index (Phi) is 61.9. The van der Waals surface area contributed by atoms with Crippen LogP contribution < -0.4 is 41.3 Å². The van der Waals surface area contributed by atoms with E-state index < -0.39 is 80.9 Å². The molecule has 3 aromatic carbocycles. The Morgan fingerprint density at radius 1 is 0.222 bits per heavy atom. The first-order valence-corrected chi connectivity index (χ1v) is 54.0. The third-order valence-electron chi connectivity index (χ3n) is 23.1.